The molecule has 1 aliphatic heterocycles. The second-order valence-corrected chi connectivity index (χ2v) is 9.08. The van der Waals surface area contributed by atoms with Crippen molar-refractivity contribution < 1.29 is 9.59 Å². The molecule has 2 N–H and O–H groups in total. The molecule has 0 spiro atoms. The second-order valence-electron chi connectivity index (χ2n) is 9.08. The molecule has 0 saturated heterocycles. The summed E-state index contributed by atoms with van der Waals surface area (Å²) in [4.78, 5) is 28.2. The van der Waals surface area contributed by atoms with Crippen molar-refractivity contribution in [3.63, 3.8) is 0 Å². The minimum Gasteiger partial charge on any atom is -0.343 e. The number of likely N-dealkylation sites (N-methyl/N-ethyl adjacent to an activating group) is 1. The molecule has 0 bridgehead atoms. The average Bonchev–Trinajstić information content (AvgIpc) is 2.93. The number of nitrogens with zero attached hydrogens (tertiary/aromatic N) is 1. The van der Waals surface area contributed by atoms with Gasteiger partial charge in [0, 0.05) is 11.6 Å². The average molecular weight is 432 g/mol. The molecule has 1 heterocycles. The molecule has 3 aliphatic rings. The van der Waals surface area contributed by atoms with Gasteiger partial charge in [-0.3, -0.25) is 9.59 Å². The SMILES string of the molecule is CN[C@@H](C)C(=O)NC1CCc2ccccc2N(CC2=C3C=CC=CC3C(C)C=C2C)C1=O. The molecule has 5 heteroatoms. The molecule has 0 fully saturated rings. The van der Waals surface area contributed by atoms with E-state index in [1.54, 1.807) is 14.0 Å². The van der Waals surface area contributed by atoms with Gasteiger partial charge in [0.1, 0.15) is 6.04 Å². The lowest BCUT2D eigenvalue weighted by Gasteiger charge is -2.34. The van der Waals surface area contributed by atoms with E-state index in [-0.39, 0.29) is 17.9 Å². The van der Waals surface area contributed by atoms with Crippen LogP contribution in [0.5, 0.6) is 0 Å². The molecule has 32 heavy (non-hydrogen) atoms. The Labute approximate surface area is 191 Å². The van der Waals surface area contributed by atoms with E-state index >= 15 is 0 Å². The van der Waals surface area contributed by atoms with Crippen molar-refractivity contribution in [1.82, 2.24) is 10.6 Å². The summed E-state index contributed by atoms with van der Waals surface area (Å²) in [7, 11) is 1.75. The summed E-state index contributed by atoms with van der Waals surface area (Å²) in [6.07, 6.45) is 12.3. The maximum absolute atomic E-state index is 13.8. The van der Waals surface area contributed by atoms with Crippen LogP contribution in [0, 0.1) is 11.8 Å². The molecule has 2 aliphatic carbocycles. The fraction of sp³-hybridized carbons (Fsp3) is 0.407. The van der Waals surface area contributed by atoms with Crippen LogP contribution >= 0.6 is 0 Å². The van der Waals surface area contributed by atoms with Crippen LogP contribution in [0.2, 0.25) is 0 Å². The number of para-hydroxylation sites is 1. The van der Waals surface area contributed by atoms with Gasteiger partial charge in [-0.1, -0.05) is 55.5 Å². The number of rotatable bonds is 5. The van der Waals surface area contributed by atoms with E-state index in [1.807, 2.05) is 23.1 Å². The predicted octanol–water partition coefficient (Wildman–Crippen LogP) is 3.69. The van der Waals surface area contributed by atoms with Crippen molar-refractivity contribution in [1.29, 1.82) is 0 Å². The number of aryl methyl sites for hydroxylation is 1. The molecule has 3 unspecified atom stereocenters. The van der Waals surface area contributed by atoms with Crippen molar-refractivity contribution in [3.05, 3.63) is 76.9 Å². The minimum atomic E-state index is -0.541. The number of amides is 2. The zero-order valence-corrected chi connectivity index (χ0v) is 19.4. The standard InChI is InChI=1S/C27H33N3O2/c1-17-15-18(2)23(22-11-7-6-10-21(17)22)16-30-25-12-8-5-9-20(25)13-14-24(27(30)32)29-26(31)19(3)28-4/h5-12,15,17,19,21,24,28H,13-14,16H2,1-4H3,(H,29,31)/t17?,19-,21?,24?/m0/s1. The molecule has 2 amide bonds. The summed E-state index contributed by atoms with van der Waals surface area (Å²) in [6, 6.07) is 7.22. The highest BCUT2D eigenvalue weighted by Gasteiger charge is 2.34. The summed E-state index contributed by atoms with van der Waals surface area (Å²) >= 11 is 0. The van der Waals surface area contributed by atoms with Crippen LogP contribution in [0.4, 0.5) is 5.69 Å². The fourth-order valence-corrected chi connectivity index (χ4v) is 4.96. The van der Waals surface area contributed by atoms with E-state index in [9.17, 15) is 9.59 Å². The molecule has 5 nitrogen and oxygen atoms in total. The third-order valence-corrected chi connectivity index (χ3v) is 6.98. The van der Waals surface area contributed by atoms with Gasteiger partial charge in [0.25, 0.3) is 0 Å². The van der Waals surface area contributed by atoms with Gasteiger partial charge in [-0.05, 0) is 68.0 Å². The van der Waals surface area contributed by atoms with Gasteiger partial charge in [-0.2, -0.15) is 0 Å². The van der Waals surface area contributed by atoms with Crippen molar-refractivity contribution >= 4 is 17.5 Å². The predicted molar refractivity (Wildman–Crippen MR) is 129 cm³/mol. The zero-order valence-electron chi connectivity index (χ0n) is 19.4. The third-order valence-electron chi connectivity index (χ3n) is 6.98. The Bertz CT molecular complexity index is 1030. The monoisotopic (exact) mass is 431 g/mol. The van der Waals surface area contributed by atoms with Crippen LogP contribution in [0.15, 0.2) is 71.4 Å². The van der Waals surface area contributed by atoms with E-state index in [0.29, 0.717) is 24.8 Å². The molecule has 4 rings (SSSR count). The van der Waals surface area contributed by atoms with Gasteiger partial charge in [-0.15, -0.1) is 0 Å². The fourth-order valence-electron chi connectivity index (χ4n) is 4.96. The molecule has 0 saturated carbocycles. The smallest absolute Gasteiger partial charge is 0.249 e. The highest BCUT2D eigenvalue weighted by molar-refractivity contribution is 6.01. The molecule has 0 radical (unpaired) electrons. The summed E-state index contributed by atoms with van der Waals surface area (Å²) < 4.78 is 0. The quantitative estimate of drug-likeness (QED) is 0.747. The van der Waals surface area contributed by atoms with Gasteiger partial charge in [0.15, 0.2) is 0 Å². The van der Waals surface area contributed by atoms with E-state index in [1.165, 1.54) is 16.7 Å². The summed E-state index contributed by atoms with van der Waals surface area (Å²) in [5.74, 6) is 0.569. The van der Waals surface area contributed by atoms with Crippen LogP contribution in [0.25, 0.3) is 0 Å². The number of hydrogen-bond donors (Lipinski definition) is 2. The normalized spacial score (nSPS) is 25.6. The van der Waals surface area contributed by atoms with Crippen LogP contribution in [-0.2, 0) is 16.0 Å². The Morgan fingerprint density at radius 2 is 2.03 bits per heavy atom. The lowest BCUT2D eigenvalue weighted by Crippen LogP contribution is -2.52. The third kappa shape index (κ3) is 4.22. The van der Waals surface area contributed by atoms with E-state index < -0.39 is 6.04 Å². The van der Waals surface area contributed by atoms with Gasteiger partial charge in [0.2, 0.25) is 11.8 Å². The van der Waals surface area contributed by atoms with Crippen molar-refractivity contribution in [3.8, 4) is 0 Å². The van der Waals surface area contributed by atoms with Crippen molar-refractivity contribution in [2.24, 2.45) is 11.8 Å². The van der Waals surface area contributed by atoms with E-state index in [4.69, 9.17) is 0 Å². The number of carbonyl (C=O) groups is 2. The minimum absolute atomic E-state index is 0.0435. The molecule has 4 atom stereocenters. The maximum Gasteiger partial charge on any atom is 0.249 e. The van der Waals surface area contributed by atoms with Crippen molar-refractivity contribution in [2.75, 3.05) is 18.5 Å². The molecular weight excluding hydrogens is 398 g/mol. The molecule has 1 aromatic rings. The molecule has 0 aromatic heterocycles. The lowest BCUT2D eigenvalue weighted by atomic mass is 9.75. The first-order valence-electron chi connectivity index (χ1n) is 11.5. The first-order valence-corrected chi connectivity index (χ1v) is 11.5. The van der Waals surface area contributed by atoms with Gasteiger partial charge < -0.3 is 15.5 Å². The summed E-state index contributed by atoms with van der Waals surface area (Å²) in [5, 5.41) is 5.94. The van der Waals surface area contributed by atoms with Crippen molar-refractivity contribution in [2.45, 2.75) is 45.7 Å². The highest BCUT2D eigenvalue weighted by Crippen LogP contribution is 2.39. The molecular formula is C27H33N3O2. The van der Waals surface area contributed by atoms with E-state index in [0.717, 1.165) is 17.7 Å². The molecule has 1 aromatic carbocycles. The largest absolute Gasteiger partial charge is 0.343 e. The summed E-state index contributed by atoms with van der Waals surface area (Å²) in [6.45, 7) is 6.69. The topological polar surface area (TPSA) is 61.4 Å². The Morgan fingerprint density at radius 3 is 2.81 bits per heavy atom. The maximum atomic E-state index is 13.8. The number of carbonyl (C=O) groups excluding carboxylic acids is 2. The highest BCUT2D eigenvalue weighted by atomic mass is 16.2. The van der Waals surface area contributed by atoms with Crippen LogP contribution < -0.4 is 15.5 Å². The summed E-state index contributed by atoms with van der Waals surface area (Å²) in [5.41, 5.74) is 5.81. The Hall–Kier alpha value is -2.92. The number of hydrogen-bond acceptors (Lipinski definition) is 3. The lowest BCUT2D eigenvalue weighted by molar-refractivity contribution is -0.128. The van der Waals surface area contributed by atoms with E-state index in [2.05, 4.69) is 60.9 Å². The second kappa shape index (κ2) is 9.29. The van der Waals surface area contributed by atoms with Gasteiger partial charge in [-0.25, -0.2) is 0 Å². The number of benzene rings is 1. The molecule has 168 valence electrons. The number of nitrogens with one attached hydrogen (secondary N) is 2. The van der Waals surface area contributed by atoms with Crippen LogP contribution in [0.1, 0.15) is 32.8 Å². The Balaban J connectivity index is 1.71. The Kier molecular flexibility index (Phi) is 6.47. The first-order chi connectivity index (χ1) is 15.4. The number of anilines is 1. The van der Waals surface area contributed by atoms with Crippen LogP contribution in [-0.4, -0.2) is 37.5 Å². The number of allylic oxidation sites excluding steroid dienone is 6. The van der Waals surface area contributed by atoms with Gasteiger partial charge >= 0.3 is 0 Å². The number of fused-ring (bicyclic) bond motifs is 2. The van der Waals surface area contributed by atoms with Gasteiger partial charge in [0.05, 0.1) is 12.6 Å². The zero-order chi connectivity index (χ0) is 22.8. The first kappa shape index (κ1) is 22.3. The van der Waals surface area contributed by atoms with Crippen LogP contribution in [0.3, 0.4) is 0 Å². The Morgan fingerprint density at radius 1 is 1.25 bits per heavy atom.